The Morgan fingerprint density at radius 2 is 0.800 bits per heavy atom. The summed E-state index contributed by atoms with van der Waals surface area (Å²) in [4.78, 5) is 7.29. The summed E-state index contributed by atoms with van der Waals surface area (Å²) in [6.07, 6.45) is 0. The highest BCUT2D eigenvalue weighted by molar-refractivity contribution is 5.73. The Labute approximate surface area is 89.9 Å². The minimum absolute atomic E-state index is 1.24. The molecular formula is C12H15N3. The Morgan fingerprint density at radius 1 is 0.533 bits per heavy atom. The van der Waals surface area contributed by atoms with Gasteiger partial charge in [-0.1, -0.05) is 0 Å². The van der Waals surface area contributed by atoms with Crippen molar-refractivity contribution in [3.8, 4) is 0 Å². The SMILES string of the molecule is c1c(N2CC2)cc(N2CC2)cc1N1CC1. The Bertz CT molecular complexity index is 329. The lowest BCUT2D eigenvalue weighted by molar-refractivity contribution is 1.31. The molecule has 1 aromatic rings. The molecule has 0 atom stereocenters. The zero-order valence-electron chi connectivity index (χ0n) is 8.82. The van der Waals surface area contributed by atoms with Gasteiger partial charge in [-0.3, -0.25) is 0 Å². The van der Waals surface area contributed by atoms with Crippen LogP contribution < -0.4 is 14.7 Å². The maximum absolute atomic E-state index is 2.43. The molecule has 0 radical (unpaired) electrons. The molecule has 3 heterocycles. The van der Waals surface area contributed by atoms with E-state index in [1.165, 1.54) is 56.3 Å². The molecule has 3 nitrogen and oxygen atoms in total. The van der Waals surface area contributed by atoms with E-state index in [-0.39, 0.29) is 0 Å². The molecule has 3 aliphatic heterocycles. The van der Waals surface area contributed by atoms with Crippen LogP contribution in [0.4, 0.5) is 17.1 Å². The lowest BCUT2D eigenvalue weighted by Crippen LogP contribution is -1.99. The smallest absolute Gasteiger partial charge is 0.0409 e. The molecule has 0 unspecified atom stereocenters. The molecule has 0 bridgehead atoms. The van der Waals surface area contributed by atoms with E-state index >= 15 is 0 Å². The molecule has 78 valence electrons. The molecule has 0 saturated carbocycles. The molecule has 0 spiro atoms. The molecule has 3 fully saturated rings. The average Bonchev–Trinajstić information content (AvgIpc) is 3.20. The lowest BCUT2D eigenvalue weighted by Gasteiger charge is -2.12. The van der Waals surface area contributed by atoms with Gasteiger partial charge >= 0.3 is 0 Å². The van der Waals surface area contributed by atoms with Crippen molar-refractivity contribution in [2.24, 2.45) is 0 Å². The third kappa shape index (κ3) is 1.42. The summed E-state index contributed by atoms with van der Waals surface area (Å²) < 4.78 is 0. The van der Waals surface area contributed by atoms with Crippen LogP contribution in [0, 0.1) is 0 Å². The predicted octanol–water partition coefficient (Wildman–Crippen LogP) is 1.15. The summed E-state index contributed by atoms with van der Waals surface area (Å²) >= 11 is 0. The topological polar surface area (TPSA) is 9.03 Å². The maximum atomic E-state index is 2.43. The standard InChI is InChI=1S/C12H15N3/c1-2-13(1)10-7-11(14-3-4-14)9-12(8-10)15-5-6-15/h7-9H,1-6H2. The van der Waals surface area contributed by atoms with Crippen LogP contribution in [0.5, 0.6) is 0 Å². The van der Waals surface area contributed by atoms with Gasteiger partial charge < -0.3 is 14.7 Å². The normalized spacial score (nSPS) is 22.0. The second-order valence-corrected chi connectivity index (χ2v) is 4.67. The molecule has 1 aromatic carbocycles. The van der Waals surface area contributed by atoms with Crippen molar-refractivity contribution in [2.75, 3.05) is 54.0 Å². The zero-order chi connectivity index (χ0) is 9.83. The molecule has 15 heavy (non-hydrogen) atoms. The Balaban J connectivity index is 1.76. The van der Waals surface area contributed by atoms with Crippen LogP contribution in [0.1, 0.15) is 0 Å². The molecule has 4 rings (SSSR count). The first-order chi connectivity index (χ1) is 7.40. The largest absolute Gasteiger partial charge is 0.368 e. The monoisotopic (exact) mass is 201 g/mol. The van der Waals surface area contributed by atoms with Gasteiger partial charge in [0, 0.05) is 56.3 Å². The van der Waals surface area contributed by atoms with Crippen molar-refractivity contribution >= 4 is 17.1 Å². The van der Waals surface area contributed by atoms with Gasteiger partial charge in [-0.15, -0.1) is 0 Å². The number of nitrogens with zero attached hydrogens (tertiary/aromatic N) is 3. The van der Waals surface area contributed by atoms with E-state index in [2.05, 4.69) is 32.9 Å². The first-order valence-corrected chi connectivity index (χ1v) is 5.80. The highest BCUT2D eigenvalue weighted by Crippen LogP contribution is 2.36. The number of rotatable bonds is 3. The average molecular weight is 201 g/mol. The van der Waals surface area contributed by atoms with Crippen LogP contribution in [0.25, 0.3) is 0 Å². The lowest BCUT2D eigenvalue weighted by atomic mass is 10.2. The summed E-state index contributed by atoms with van der Waals surface area (Å²) in [6.45, 7) is 7.43. The van der Waals surface area contributed by atoms with Crippen molar-refractivity contribution in [1.29, 1.82) is 0 Å². The zero-order valence-corrected chi connectivity index (χ0v) is 8.82. The van der Waals surface area contributed by atoms with Crippen LogP contribution in [0.3, 0.4) is 0 Å². The summed E-state index contributed by atoms with van der Waals surface area (Å²) in [5, 5.41) is 0. The third-order valence-electron chi connectivity index (χ3n) is 3.32. The fourth-order valence-electron chi connectivity index (χ4n) is 2.05. The summed E-state index contributed by atoms with van der Waals surface area (Å²) in [5.74, 6) is 0. The predicted molar refractivity (Wildman–Crippen MR) is 63.1 cm³/mol. The van der Waals surface area contributed by atoms with Crippen molar-refractivity contribution in [3.05, 3.63) is 18.2 Å². The molecule has 0 aromatic heterocycles. The first kappa shape index (κ1) is 7.85. The van der Waals surface area contributed by atoms with E-state index in [0.29, 0.717) is 0 Å². The molecule has 3 aliphatic rings. The quantitative estimate of drug-likeness (QED) is 0.679. The Hall–Kier alpha value is -1.38. The Morgan fingerprint density at radius 3 is 1.00 bits per heavy atom. The molecule has 3 saturated heterocycles. The molecule has 3 heteroatoms. The number of benzene rings is 1. The minimum atomic E-state index is 1.24. The molecule has 0 N–H and O–H groups in total. The highest BCUT2D eigenvalue weighted by atomic mass is 15.3. The summed E-state index contributed by atoms with van der Waals surface area (Å²) in [6, 6.07) is 7.02. The van der Waals surface area contributed by atoms with Crippen molar-refractivity contribution in [1.82, 2.24) is 0 Å². The van der Waals surface area contributed by atoms with E-state index in [1.807, 2.05) is 0 Å². The van der Waals surface area contributed by atoms with E-state index in [9.17, 15) is 0 Å². The second kappa shape index (κ2) is 2.60. The fraction of sp³-hybridized carbons (Fsp3) is 0.500. The van der Waals surface area contributed by atoms with Gasteiger partial charge in [0.1, 0.15) is 0 Å². The van der Waals surface area contributed by atoms with Crippen LogP contribution in [-0.4, -0.2) is 39.3 Å². The van der Waals surface area contributed by atoms with Gasteiger partial charge in [0.05, 0.1) is 0 Å². The maximum Gasteiger partial charge on any atom is 0.0409 e. The van der Waals surface area contributed by atoms with Crippen molar-refractivity contribution < 1.29 is 0 Å². The van der Waals surface area contributed by atoms with Gasteiger partial charge in [0.15, 0.2) is 0 Å². The minimum Gasteiger partial charge on any atom is -0.368 e. The second-order valence-electron chi connectivity index (χ2n) is 4.67. The molecule has 0 aliphatic carbocycles. The van der Waals surface area contributed by atoms with Gasteiger partial charge in [0.2, 0.25) is 0 Å². The van der Waals surface area contributed by atoms with Gasteiger partial charge in [-0.2, -0.15) is 0 Å². The third-order valence-corrected chi connectivity index (χ3v) is 3.32. The van der Waals surface area contributed by atoms with Crippen LogP contribution in [-0.2, 0) is 0 Å². The highest BCUT2D eigenvalue weighted by Gasteiger charge is 2.26. The fourth-order valence-corrected chi connectivity index (χ4v) is 2.05. The Kier molecular flexibility index (Phi) is 1.36. The first-order valence-electron chi connectivity index (χ1n) is 5.80. The van der Waals surface area contributed by atoms with Crippen molar-refractivity contribution in [2.45, 2.75) is 0 Å². The molecule has 0 amide bonds. The molecular weight excluding hydrogens is 186 g/mol. The van der Waals surface area contributed by atoms with Crippen LogP contribution in [0.15, 0.2) is 18.2 Å². The van der Waals surface area contributed by atoms with Gasteiger partial charge in [0.25, 0.3) is 0 Å². The van der Waals surface area contributed by atoms with E-state index < -0.39 is 0 Å². The number of hydrogen-bond acceptors (Lipinski definition) is 3. The summed E-state index contributed by atoms with van der Waals surface area (Å²) in [7, 11) is 0. The van der Waals surface area contributed by atoms with Crippen molar-refractivity contribution in [3.63, 3.8) is 0 Å². The van der Waals surface area contributed by atoms with Crippen LogP contribution in [0.2, 0.25) is 0 Å². The van der Waals surface area contributed by atoms with E-state index in [1.54, 1.807) is 0 Å². The number of hydrogen-bond donors (Lipinski definition) is 0. The van der Waals surface area contributed by atoms with Gasteiger partial charge in [-0.25, -0.2) is 0 Å². The van der Waals surface area contributed by atoms with E-state index in [4.69, 9.17) is 0 Å². The summed E-state index contributed by atoms with van der Waals surface area (Å²) in [5.41, 5.74) is 4.25. The van der Waals surface area contributed by atoms with E-state index in [0.717, 1.165) is 0 Å². The van der Waals surface area contributed by atoms with Crippen LogP contribution >= 0.6 is 0 Å². The number of anilines is 3. The van der Waals surface area contributed by atoms with Gasteiger partial charge in [-0.05, 0) is 18.2 Å².